The van der Waals surface area contributed by atoms with Crippen LogP contribution >= 0.6 is 0 Å². The Morgan fingerprint density at radius 3 is 2.52 bits per heavy atom. The highest BCUT2D eigenvalue weighted by Gasteiger charge is 2.26. The molecule has 0 spiro atoms. The molecule has 2 heteroatoms. The molecule has 0 heterocycles. The first-order chi connectivity index (χ1) is 11.1. The summed E-state index contributed by atoms with van der Waals surface area (Å²) < 4.78 is 0. The van der Waals surface area contributed by atoms with Crippen molar-refractivity contribution in [3.63, 3.8) is 0 Å². The van der Waals surface area contributed by atoms with Gasteiger partial charge in [0, 0.05) is 24.1 Å². The molecule has 23 heavy (non-hydrogen) atoms. The van der Waals surface area contributed by atoms with Crippen molar-refractivity contribution in [3.05, 3.63) is 47.5 Å². The zero-order valence-electron chi connectivity index (χ0n) is 14.5. The molecule has 1 aliphatic carbocycles. The van der Waals surface area contributed by atoms with Gasteiger partial charge in [-0.25, -0.2) is 0 Å². The van der Waals surface area contributed by atoms with Crippen molar-refractivity contribution in [3.8, 4) is 0 Å². The Morgan fingerprint density at radius 1 is 1.17 bits per heavy atom. The summed E-state index contributed by atoms with van der Waals surface area (Å²) in [6.07, 6.45) is 4.82. The Labute approximate surface area is 139 Å². The molecular formula is C21H27NO. The number of benzene rings is 2. The van der Waals surface area contributed by atoms with Gasteiger partial charge in [-0.1, -0.05) is 49.2 Å². The zero-order chi connectivity index (χ0) is 16.4. The fourth-order valence-electron chi connectivity index (χ4n) is 3.48. The smallest absolute Gasteiger partial charge is 0.167 e. The van der Waals surface area contributed by atoms with E-state index in [9.17, 15) is 4.79 Å². The molecular weight excluding hydrogens is 282 g/mol. The van der Waals surface area contributed by atoms with E-state index >= 15 is 0 Å². The Balaban J connectivity index is 1.78. The van der Waals surface area contributed by atoms with Gasteiger partial charge in [-0.2, -0.15) is 0 Å². The number of rotatable bonds is 6. The van der Waals surface area contributed by atoms with Gasteiger partial charge in [0.2, 0.25) is 0 Å². The lowest BCUT2D eigenvalue weighted by molar-refractivity contribution is 0.0826. The van der Waals surface area contributed by atoms with E-state index in [2.05, 4.69) is 56.1 Å². The molecule has 2 aromatic rings. The maximum Gasteiger partial charge on any atom is 0.167 e. The quantitative estimate of drug-likeness (QED) is 0.712. The summed E-state index contributed by atoms with van der Waals surface area (Å²) in [7, 11) is 2.17. The molecule has 0 aliphatic heterocycles. The fourth-order valence-corrected chi connectivity index (χ4v) is 3.48. The van der Waals surface area contributed by atoms with Crippen LogP contribution in [0.3, 0.4) is 0 Å². The van der Waals surface area contributed by atoms with Gasteiger partial charge in [-0.05, 0) is 50.1 Å². The van der Waals surface area contributed by atoms with E-state index in [1.807, 2.05) is 6.07 Å². The van der Waals surface area contributed by atoms with Crippen molar-refractivity contribution in [2.45, 2.75) is 45.6 Å². The van der Waals surface area contributed by atoms with E-state index in [1.54, 1.807) is 0 Å². The molecule has 1 saturated carbocycles. The second kappa shape index (κ2) is 6.84. The van der Waals surface area contributed by atoms with Gasteiger partial charge >= 0.3 is 0 Å². The van der Waals surface area contributed by atoms with Gasteiger partial charge in [0.25, 0.3) is 0 Å². The Hall–Kier alpha value is -1.67. The van der Waals surface area contributed by atoms with E-state index in [0.717, 1.165) is 23.9 Å². The number of carbonyl (C=O) groups excluding carboxylic acids is 1. The van der Waals surface area contributed by atoms with E-state index in [0.29, 0.717) is 11.8 Å². The third-order valence-electron chi connectivity index (χ3n) is 5.35. The summed E-state index contributed by atoms with van der Waals surface area (Å²) in [5.41, 5.74) is 2.11. The number of ketones is 1. The first-order valence-electron chi connectivity index (χ1n) is 8.83. The van der Waals surface area contributed by atoms with Gasteiger partial charge in [-0.3, -0.25) is 4.79 Å². The third-order valence-corrected chi connectivity index (χ3v) is 5.35. The molecule has 0 N–H and O–H groups in total. The van der Waals surface area contributed by atoms with Gasteiger partial charge < -0.3 is 4.90 Å². The summed E-state index contributed by atoms with van der Waals surface area (Å²) in [5.74, 6) is 0.393. The first-order valence-corrected chi connectivity index (χ1v) is 8.83. The van der Waals surface area contributed by atoms with E-state index in [-0.39, 0.29) is 5.92 Å². The van der Waals surface area contributed by atoms with Crippen LogP contribution in [0.2, 0.25) is 0 Å². The molecule has 1 atom stereocenters. The number of hydrogen-bond donors (Lipinski definition) is 0. The summed E-state index contributed by atoms with van der Waals surface area (Å²) in [4.78, 5) is 15.3. The molecule has 0 aromatic heterocycles. The predicted molar refractivity (Wildman–Crippen MR) is 97.1 cm³/mol. The molecule has 2 aromatic carbocycles. The molecule has 0 bridgehead atoms. The highest BCUT2D eigenvalue weighted by molar-refractivity contribution is 6.01. The average Bonchev–Trinajstić information content (AvgIpc) is 2.49. The highest BCUT2D eigenvalue weighted by Crippen LogP contribution is 2.26. The molecule has 0 radical (unpaired) electrons. The van der Waals surface area contributed by atoms with Crippen molar-refractivity contribution < 1.29 is 4.79 Å². The molecule has 1 aliphatic rings. The number of carbonyl (C=O) groups is 1. The molecule has 3 rings (SSSR count). The number of nitrogens with zero attached hydrogens (tertiary/aromatic N) is 1. The Morgan fingerprint density at radius 2 is 1.87 bits per heavy atom. The second-order valence-electron chi connectivity index (χ2n) is 7.06. The molecule has 2 nitrogen and oxygen atoms in total. The summed E-state index contributed by atoms with van der Waals surface area (Å²) in [5, 5.41) is 2.37. The van der Waals surface area contributed by atoms with Crippen LogP contribution in [0.5, 0.6) is 0 Å². The fraction of sp³-hybridized carbons (Fsp3) is 0.476. The molecule has 1 unspecified atom stereocenters. The monoisotopic (exact) mass is 309 g/mol. The van der Waals surface area contributed by atoms with Crippen molar-refractivity contribution in [1.29, 1.82) is 0 Å². The molecule has 1 fully saturated rings. The van der Waals surface area contributed by atoms with Crippen LogP contribution in [0.25, 0.3) is 10.8 Å². The lowest BCUT2D eigenvalue weighted by atomic mass is 9.89. The first kappa shape index (κ1) is 16.2. The van der Waals surface area contributed by atoms with Crippen molar-refractivity contribution in [2.24, 2.45) is 5.92 Å². The van der Waals surface area contributed by atoms with Crippen LogP contribution in [-0.4, -0.2) is 30.3 Å². The van der Waals surface area contributed by atoms with E-state index in [1.165, 1.54) is 30.2 Å². The maximum absolute atomic E-state index is 12.9. The largest absolute Gasteiger partial charge is 0.303 e. The van der Waals surface area contributed by atoms with Gasteiger partial charge in [0.1, 0.15) is 0 Å². The average molecular weight is 309 g/mol. The minimum atomic E-state index is 0.100. The summed E-state index contributed by atoms with van der Waals surface area (Å²) in [6.45, 7) is 5.11. The van der Waals surface area contributed by atoms with Crippen molar-refractivity contribution in [1.82, 2.24) is 4.90 Å². The van der Waals surface area contributed by atoms with Crippen LogP contribution in [0.4, 0.5) is 0 Å². The van der Waals surface area contributed by atoms with Gasteiger partial charge in [-0.15, -0.1) is 0 Å². The zero-order valence-corrected chi connectivity index (χ0v) is 14.5. The number of Topliss-reactive ketones (excluding diaryl/α,β-unsaturated/α-hetero) is 1. The topological polar surface area (TPSA) is 20.3 Å². The number of aryl methyl sites for hydroxylation is 1. The lowest BCUT2D eigenvalue weighted by Crippen LogP contribution is -2.41. The Kier molecular flexibility index (Phi) is 4.82. The predicted octanol–water partition coefficient (Wildman–Crippen LogP) is 4.84. The number of fused-ring (bicyclic) bond motifs is 1. The summed E-state index contributed by atoms with van der Waals surface area (Å²) >= 11 is 0. The minimum Gasteiger partial charge on any atom is -0.303 e. The number of hydrogen-bond acceptors (Lipinski definition) is 2. The highest BCUT2D eigenvalue weighted by atomic mass is 16.1. The lowest BCUT2D eigenvalue weighted by Gasteiger charge is -2.36. The van der Waals surface area contributed by atoms with Crippen LogP contribution in [0, 0.1) is 12.8 Å². The molecule has 0 amide bonds. The standard InChI is InChI=1S/C21H27NO/c1-4-16(14-22(3)20-6-5-7-20)21(23)19-11-10-17-12-15(2)8-9-18(17)13-19/h8-13,16,20H,4-7,14H2,1-3H3. The van der Waals surface area contributed by atoms with E-state index < -0.39 is 0 Å². The summed E-state index contributed by atoms with van der Waals surface area (Å²) in [6, 6.07) is 13.2. The maximum atomic E-state index is 12.9. The van der Waals surface area contributed by atoms with Crippen molar-refractivity contribution in [2.75, 3.05) is 13.6 Å². The van der Waals surface area contributed by atoms with Crippen LogP contribution in [-0.2, 0) is 0 Å². The van der Waals surface area contributed by atoms with E-state index in [4.69, 9.17) is 0 Å². The van der Waals surface area contributed by atoms with Crippen molar-refractivity contribution >= 4 is 16.6 Å². The van der Waals surface area contributed by atoms with Crippen LogP contribution in [0.15, 0.2) is 36.4 Å². The minimum absolute atomic E-state index is 0.100. The van der Waals surface area contributed by atoms with Gasteiger partial charge in [0.15, 0.2) is 5.78 Å². The SMILES string of the molecule is CCC(CN(C)C1CCC1)C(=O)c1ccc2cc(C)ccc2c1. The Bertz CT molecular complexity index is 702. The normalized spacial score (nSPS) is 16.5. The second-order valence-corrected chi connectivity index (χ2v) is 7.06. The third kappa shape index (κ3) is 3.48. The van der Waals surface area contributed by atoms with Crippen LogP contribution in [0.1, 0.15) is 48.5 Å². The van der Waals surface area contributed by atoms with Gasteiger partial charge in [0.05, 0.1) is 0 Å². The molecule has 122 valence electrons. The molecule has 0 saturated heterocycles. The van der Waals surface area contributed by atoms with Crippen LogP contribution < -0.4 is 0 Å².